The fourth-order valence-corrected chi connectivity index (χ4v) is 4.47. The second-order valence-corrected chi connectivity index (χ2v) is 8.92. The minimum atomic E-state index is -0.218. The Balaban J connectivity index is 1.49. The number of hydrogen-bond acceptors (Lipinski definition) is 6. The molecule has 9 heteroatoms. The highest BCUT2D eigenvalue weighted by atomic mass is 35.5. The number of nitrogens with one attached hydrogen (secondary N) is 1. The average molecular weight is 515 g/mol. The van der Waals surface area contributed by atoms with E-state index in [0.717, 1.165) is 11.3 Å². The van der Waals surface area contributed by atoms with E-state index >= 15 is 0 Å². The van der Waals surface area contributed by atoms with Crippen LogP contribution in [0.3, 0.4) is 0 Å². The van der Waals surface area contributed by atoms with Gasteiger partial charge in [-0.25, -0.2) is 4.99 Å². The number of hydrogen-bond donors (Lipinski definition) is 1. The highest BCUT2D eigenvalue weighted by Gasteiger charge is 2.24. The lowest BCUT2D eigenvalue weighted by atomic mass is 10.2. The quantitative estimate of drug-likeness (QED) is 0.365. The molecule has 3 aromatic carbocycles. The van der Waals surface area contributed by atoms with Gasteiger partial charge in [-0.15, -0.1) is 0 Å². The molecule has 1 aliphatic heterocycles. The fourth-order valence-electron chi connectivity index (χ4n) is 3.12. The molecule has 6 nitrogen and oxygen atoms in total. The van der Waals surface area contributed by atoms with E-state index in [9.17, 15) is 4.79 Å². The predicted molar refractivity (Wildman–Crippen MR) is 138 cm³/mol. The number of carbonyl (C=O) groups excluding carboxylic acids is 1. The fraction of sp³-hybridized carbons (Fsp3) is 0.120. The van der Waals surface area contributed by atoms with Gasteiger partial charge in [0.15, 0.2) is 16.7 Å². The summed E-state index contributed by atoms with van der Waals surface area (Å²) in [5, 5.41) is 4.35. The van der Waals surface area contributed by atoms with Crippen molar-refractivity contribution < 1.29 is 19.0 Å². The standard InChI is InChI=1S/C25H20Cl2N2O4S/c1-31-17-9-7-16(8-10-17)28-25-29-24(30)23(34-25)13-15-6-11-21(22(12-15)32-2)33-14-18-19(26)4-3-5-20(18)27/h3-13H,14H2,1-2H3,(H,28,29,30)/b23-13-. The number of ether oxygens (including phenoxy) is 3. The van der Waals surface area contributed by atoms with Gasteiger partial charge in [0.1, 0.15) is 12.4 Å². The molecule has 0 spiro atoms. The molecule has 0 unspecified atom stereocenters. The first-order chi connectivity index (χ1) is 16.5. The van der Waals surface area contributed by atoms with Gasteiger partial charge >= 0.3 is 0 Å². The molecule has 0 saturated carbocycles. The zero-order valence-electron chi connectivity index (χ0n) is 18.3. The molecule has 1 saturated heterocycles. The zero-order valence-corrected chi connectivity index (χ0v) is 20.6. The maximum atomic E-state index is 12.4. The van der Waals surface area contributed by atoms with Crippen molar-refractivity contribution >= 4 is 57.8 Å². The number of nitrogens with zero attached hydrogens (tertiary/aromatic N) is 1. The van der Waals surface area contributed by atoms with E-state index in [1.165, 1.54) is 11.8 Å². The number of carbonyl (C=O) groups is 1. The summed E-state index contributed by atoms with van der Waals surface area (Å²) in [6.45, 7) is 0.193. The number of benzene rings is 3. The smallest absolute Gasteiger partial charge is 0.264 e. The van der Waals surface area contributed by atoms with Gasteiger partial charge in [-0.3, -0.25) is 4.79 Å². The Hall–Kier alpha value is -3.13. The van der Waals surface area contributed by atoms with Gasteiger partial charge in [0, 0.05) is 15.6 Å². The van der Waals surface area contributed by atoms with Crippen LogP contribution in [0.25, 0.3) is 6.08 Å². The van der Waals surface area contributed by atoms with Crippen LogP contribution < -0.4 is 19.5 Å². The van der Waals surface area contributed by atoms with E-state index in [4.69, 9.17) is 37.4 Å². The third-order valence-corrected chi connectivity index (χ3v) is 6.49. The van der Waals surface area contributed by atoms with Crippen LogP contribution in [0.2, 0.25) is 10.0 Å². The first-order valence-electron chi connectivity index (χ1n) is 10.1. The molecular formula is C25H20Cl2N2O4S. The van der Waals surface area contributed by atoms with Gasteiger partial charge in [0.2, 0.25) is 0 Å². The number of halogens is 2. The summed E-state index contributed by atoms with van der Waals surface area (Å²) in [6, 6.07) is 18.0. The van der Waals surface area contributed by atoms with Crippen molar-refractivity contribution in [2.24, 2.45) is 4.99 Å². The van der Waals surface area contributed by atoms with Crippen molar-refractivity contribution in [1.82, 2.24) is 5.32 Å². The Bertz CT molecular complexity index is 1260. The van der Waals surface area contributed by atoms with Gasteiger partial charge in [0.05, 0.1) is 24.8 Å². The Kier molecular flexibility index (Phi) is 7.67. The molecule has 1 heterocycles. The molecule has 0 atom stereocenters. The van der Waals surface area contributed by atoms with Crippen molar-refractivity contribution in [3.05, 3.63) is 86.7 Å². The third kappa shape index (κ3) is 5.67. The van der Waals surface area contributed by atoms with E-state index in [-0.39, 0.29) is 12.5 Å². The number of amidine groups is 1. The van der Waals surface area contributed by atoms with Crippen LogP contribution in [0, 0.1) is 0 Å². The number of rotatable bonds is 7. The van der Waals surface area contributed by atoms with Gasteiger partial charge in [-0.05, 0) is 71.9 Å². The van der Waals surface area contributed by atoms with Crippen molar-refractivity contribution in [1.29, 1.82) is 0 Å². The highest BCUT2D eigenvalue weighted by molar-refractivity contribution is 8.18. The molecular weight excluding hydrogens is 495 g/mol. The van der Waals surface area contributed by atoms with Gasteiger partial charge in [0.25, 0.3) is 5.91 Å². The molecule has 1 N–H and O–H groups in total. The second-order valence-electron chi connectivity index (χ2n) is 7.08. The van der Waals surface area contributed by atoms with Crippen LogP contribution in [0.1, 0.15) is 11.1 Å². The minimum absolute atomic E-state index is 0.193. The largest absolute Gasteiger partial charge is 0.497 e. The lowest BCUT2D eigenvalue weighted by Gasteiger charge is -2.13. The van der Waals surface area contributed by atoms with E-state index in [2.05, 4.69) is 10.3 Å². The summed E-state index contributed by atoms with van der Waals surface area (Å²) in [6.07, 6.45) is 1.77. The second kappa shape index (κ2) is 10.9. The van der Waals surface area contributed by atoms with Crippen LogP contribution in [0.4, 0.5) is 5.69 Å². The van der Waals surface area contributed by atoms with E-state index < -0.39 is 0 Å². The lowest BCUT2D eigenvalue weighted by molar-refractivity contribution is -0.115. The van der Waals surface area contributed by atoms with Crippen LogP contribution in [0.5, 0.6) is 17.2 Å². The maximum Gasteiger partial charge on any atom is 0.264 e. The molecule has 1 aliphatic rings. The average Bonchev–Trinajstić information content (AvgIpc) is 3.18. The van der Waals surface area contributed by atoms with Crippen LogP contribution in [-0.2, 0) is 11.4 Å². The first-order valence-corrected chi connectivity index (χ1v) is 11.7. The molecule has 0 radical (unpaired) electrons. The Morgan fingerprint density at radius 1 is 0.971 bits per heavy atom. The van der Waals surface area contributed by atoms with E-state index in [0.29, 0.717) is 42.9 Å². The molecule has 174 valence electrons. The number of methoxy groups -OCH3 is 2. The summed E-state index contributed by atoms with van der Waals surface area (Å²) >= 11 is 13.7. The molecule has 0 bridgehead atoms. The summed E-state index contributed by atoms with van der Waals surface area (Å²) in [7, 11) is 3.16. The molecule has 3 aromatic rings. The normalized spacial score (nSPS) is 15.5. The first kappa shape index (κ1) is 24.0. The van der Waals surface area contributed by atoms with Crippen LogP contribution >= 0.6 is 35.0 Å². The topological polar surface area (TPSA) is 69.2 Å². The minimum Gasteiger partial charge on any atom is -0.497 e. The molecule has 0 aliphatic carbocycles. The lowest BCUT2D eigenvalue weighted by Crippen LogP contribution is -2.19. The summed E-state index contributed by atoms with van der Waals surface area (Å²) in [4.78, 5) is 17.4. The van der Waals surface area contributed by atoms with Crippen molar-refractivity contribution in [3.8, 4) is 17.2 Å². The van der Waals surface area contributed by atoms with Crippen molar-refractivity contribution in [2.75, 3.05) is 14.2 Å². The monoisotopic (exact) mass is 514 g/mol. The maximum absolute atomic E-state index is 12.4. The van der Waals surface area contributed by atoms with Crippen molar-refractivity contribution in [2.45, 2.75) is 6.61 Å². The zero-order chi connectivity index (χ0) is 24.1. The van der Waals surface area contributed by atoms with E-state index in [1.807, 2.05) is 30.3 Å². The van der Waals surface area contributed by atoms with E-state index in [1.54, 1.807) is 50.6 Å². The van der Waals surface area contributed by atoms with Crippen LogP contribution in [-0.4, -0.2) is 25.3 Å². The van der Waals surface area contributed by atoms with Gasteiger partial charge < -0.3 is 19.5 Å². The molecule has 34 heavy (non-hydrogen) atoms. The highest BCUT2D eigenvalue weighted by Crippen LogP contribution is 2.34. The molecule has 1 amide bonds. The van der Waals surface area contributed by atoms with Gasteiger partial charge in [-0.1, -0.05) is 35.3 Å². The molecule has 4 rings (SSSR count). The Morgan fingerprint density at radius 3 is 2.38 bits per heavy atom. The Labute approximate surface area is 211 Å². The number of thioether (sulfide) groups is 1. The summed E-state index contributed by atoms with van der Waals surface area (Å²) in [5.74, 6) is 1.58. The molecule has 0 aromatic heterocycles. The van der Waals surface area contributed by atoms with Crippen molar-refractivity contribution in [3.63, 3.8) is 0 Å². The third-order valence-electron chi connectivity index (χ3n) is 4.87. The number of aliphatic imine (C=N–C) groups is 1. The number of amides is 1. The van der Waals surface area contributed by atoms with Crippen LogP contribution in [0.15, 0.2) is 70.6 Å². The predicted octanol–water partition coefficient (Wildman–Crippen LogP) is 6.48. The summed E-state index contributed by atoms with van der Waals surface area (Å²) in [5.41, 5.74) is 2.19. The SMILES string of the molecule is COc1ccc(N=C2NC(=O)/C(=C/c3ccc(OCc4c(Cl)cccc4Cl)c(OC)c3)S2)cc1. The van der Waals surface area contributed by atoms with Gasteiger partial charge in [-0.2, -0.15) is 0 Å². The molecule has 1 fully saturated rings. The Morgan fingerprint density at radius 2 is 1.71 bits per heavy atom. The summed E-state index contributed by atoms with van der Waals surface area (Å²) < 4.78 is 16.5.